The smallest absolute Gasteiger partial charge is 0.465 e. The molecule has 0 spiro atoms. The maximum atomic E-state index is 12.3. The van der Waals surface area contributed by atoms with Crippen LogP contribution in [0.1, 0.15) is 29.3 Å². The SMILES string of the molecule is CCCc1cc(OS(=O)(=O)C(F)(F)F)cc(C(=O)OC)c1. The number of rotatable bonds is 5. The Morgan fingerprint density at radius 3 is 2.33 bits per heavy atom. The minimum absolute atomic E-state index is 0.0872. The van der Waals surface area contributed by atoms with Crippen molar-refractivity contribution < 1.29 is 35.3 Å². The Labute approximate surface area is 119 Å². The van der Waals surface area contributed by atoms with Gasteiger partial charge in [0.05, 0.1) is 12.7 Å². The molecule has 0 aliphatic carbocycles. The summed E-state index contributed by atoms with van der Waals surface area (Å²) in [4.78, 5) is 11.4. The van der Waals surface area contributed by atoms with E-state index in [4.69, 9.17) is 0 Å². The van der Waals surface area contributed by atoms with Crippen molar-refractivity contribution in [1.82, 2.24) is 0 Å². The van der Waals surface area contributed by atoms with Crippen LogP contribution < -0.4 is 4.18 Å². The van der Waals surface area contributed by atoms with E-state index in [-0.39, 0.29) is 5.56 Å². The zero-order chi connectivity index (χ0) is 16.3. The molecular weight excluding hydrogens is 313 g/mol. The van der Waals surface area contributed by atoms with Crippen LogP contribution in [0.4, 0.5) is 13.2 Å². The molecule has 21 heavy (non-hydrogen) atoms. The number of aryl methyl sites for hydroxylation is 1. The summed E-state index contributed by atoms with van der Waals surface area (Å²) in [6, 6.07) is 3.43. The Morgan fingerprint density at radius 1 is 1.24 bits per heavy atom. The molecule has 0 aliphatic heterocycles. The van der Waals surface area contributed by atoms with Crippen LogP contribution >= 0.6 is 0 Å². The van der Waals surface area contributed by atoms with Gasteiger partial charge in [0, 0.05) is 0 Å². The van der Waals surface area contributed by atoms with E-state index in [1.165, 1.54) is 6.07 Å². The van der Waals surface area contributed by atoms with Gasteiger partial charge in [0.1, 0.15) is 5.75 Å². The van der Waals surface area contributed by atoms with Crippen molar-refractivity contribution in [3.05, 3.63) is 29.3 Å². The number of benzene rings is 1. The second-order valence-electron chi connectivity index (χ2n) is 4.09. The Bertz CT molecular complexity index is 622. The molecular formula is C12H13F3O5S. The maximum Gasteiger partial charge on any atom is 0.534 e. The molecule has 0 saturated carbocycles. The van der Waals surface area contributed by atoms with Gasteiger partial charge in [0.25, 0.3) is 0 Å². The number of alkyl halides is 3. The number of hydrogen-bond acceptors (Lipinski definition) is 5. The van der Waals surface area contributed by atoms with Crippen LogP contribution in [0.5, 0.6) is 5.75 Å². The van der Waals surface area contributed by atoms with Crippen molar-refractivity contribution in [3.8, 4) is 5.75 Å². The lowest BCUT2D eigenvalue weighted by atomic mass is 10.1. The van der Waals surface area contributed by atoms with Crippen molar-refractivity contribution in [1.29, 1.82) is 0 Å². The third-order valence-corrected chi connectivity index (χ3v) is 3.39. The molecule has 0 fully saturated rings. The lowest BCUT2D eigenvalue weighted by molar-refractivity contribution is -0.0500. The average Bonchev–Trinajstić information content (AvgIpc) is 2.36. The molecule has 9 heteroatoms. The van der Waals surface area contributed by atoms with Crippen LogP contribution in [0.3, 0.4) is 0 Å². The molecule has 5 nitrogen and oxygen atoms in total. The van der Waals surface area contributed by atoms with Gasteiger partial charge in [-0.15, -0.1) is 0 Å². The van der Waals surface area contributed by atoms with Gasteiger partial charge < -0.3 is 8.92 Å². The minimum Gasteiger partial charge on any atom is -0.465 e. The Kier molecular flexibility index (Phi) is 5.21. The van der Waals surface area contributed by atoms with Gasteiger partial charge in [-0.1, -0.05) is 13.3 Å². The third-order valence-electron chi connectivity index (χ3n) is 2.42. The van der Waals surface area contributed by atoms with Gasteiger partial charge >= 0.3 is 21.6 Å². The molecule has 1 aromatic carbocycles. The highest BCUT2D eigenvalue weighted by molar-refractivity contribution is 7.88. The second-order valence-corrected chi connectivity index (χ2v) is 5.63. The highest BCUT2D eigenvalue weighted by atomic mass is 32.2. The quantitative estimate of drug-likeness (QED) is 0.473. The summed E-state index contributed by atoms with van der Waals surface area (Å²) in [5.74, 6) is -1.39. The van der Waals surface area contributed by atoms with E-state index in [0.717, 1.165) is 19.2 Å². The topological polar surface area (TPSA) is 69.7 Å². The molecule has 0 bridgehead atoms. The van der Waals surface area contributed by atoms with Crippen LogP contribution in [0, 0.1) is 0 Å². The summed E-state index contributed by atoms with van der Waals surface area (Å²) in [7, 11) is -4.68. The lowest BCUT2D eigenvalue weighted by Gasteiger charge is -2.11. The van der Waals surface area contributed by atoms with Crippen LogP contribution in [-0.4, -0.2) is 27.0 Å². The first-order valence-electron chi connectivity index (χ1n) is 5.83. The standard InChI is InChI=1S/C12H13F3O5S/c1-3-4-8-5-9(11(16)19-2)7-10(6-8)20-21(17,18)12(13,14)15/h5-7H,3-4H2,1-2H3. The van der Waals surface area contributed by atoms with Crippen molar-refractivity contribution in [2.45, 2.75) is 25.3 Å². The predicted molar refractivity (Wildman–Crippen MR) is 67.4 cm³/mol. The van der Waals surface area contributed by atoms with E-state index < -0.39 is 27.3 Å². The van der Waals surface area contributed by atoms with E-state index >= 15 is 0 Å². The first kappa shape index (κ1) is 17.3. The van der Waals surface area contributed by atoms with Crippen LogP contribution in [0.2, 0.25) is 0 Å². The summed E-state index contributed by atoms with van der Waals surface area (Å²) < 4.78 is 67.3. The van der Waals surface area contributed by atoms with E-state index in [9.17, 15) is 26.4 Å². The molecule has 1 aromatic rings. The molecule has 0 amide bonds. The first-order valence-corrected chi connectivity index (χ1v) is 7.24. The van der Waals surface area contributed by atoms with Gasteiger partial charge in [-0.25, -0.2) is 4.79 Å². The Balaban J connectivity index is 3.23. The number of ether oxygens (including phenoxy) is 1. The summed E-state index contributed by atoms with van der Waals surface area (Å²) in [6.07, 6.45) is 1.09. The fourth-order valence-electron chi connectivity index (χ4n) is 1.55. The summed E-state index contributed by atoms with van der Waals surface area (Å²) in [6.45, 7) is 1.82. The molecule has 0 saturated heterocycles. The molecule has 0 unspecified atom stereocenters. The molecule has 1 rings (SSSR count). The van der Waals surface area contributed by atoms with Crippen molar-refractivity contribution in [2.75, 3.05) is 7.11 Å². The Morgan fingerprint density at radius 2 is 1.86 bits per heavy atom. The fraction of sp³-hybridized carbons (Fsp3) is 0.417. The zero-order valence-corrected chi connectivity index (χ0v) is 12.0. The summed E-state index contributed by atoms with van der Waals surface area (Å²) in [5.41, 5.74) is -5.16. The number of esters is 1. The number of methoxy groups -OCH3 is 1. The summed E-state index contributed by atoms with van der Waals surface area (Å²) >= 11 is 0. The molecule has 0 aromatic heterocycles. The maximum absolute atomic E-state index is 12.3. The molecule has 118 valence electrons. The van der Waals surface area contributed by atoms with E-state index in [0.29, 0.717) is 18.4 Å². The van der Waals surface area contributed by atoms with Gasteiger partial charge in [-0.3, -0.25) is 0 Å². The fourth-order valence-corrected chi connectivity index (χ4v) is 2.00. The highest BCUT2D eigenvalue weighted by Crippen LogP contribution is 2.28. The molecule has 0 radical (unpaired) electrons. The number of carbonyl (C=O) groups is 1. The Hall–Kier alpha value is -1.77. The largest absolute Gasteiger partial charge is 0.534 e. The zero-order valence-electron chi connectivity index (χ0n) is 11.2. The molecule has 0 N–H and O–H groups in total. The van der Waals surface area contributed by atoms with Gasteiger partial charge in [0.2, 0.25) is 0 Å². The molecule has 0 atom stereocenters. The molecule has 0 heterocycles. The van der Waals surface area contributed by atoms with Gasteiger partial charge in [-0.2, -0.15) is 21.6 Å². The predicted octanol–water partition coefficient (Wildman–Crippen LogP) is 2.65. The van der Waals surface area contributed by atoms with E-state index in [1.807, 2.05) is 6.92 Å². The highest BCUT2D eigenvalue weighted by Gasteiger charge is 2.48. The lowest BCUT2D eigenvalue weighted by Crippen LogP contribution is -2.28. The first-order chi connectivity index (χ1) is 9.60. The van der Waals surface area contributed by atoms with E-state index in [2.05, 4.69) is 8.92 Å². The number of halogens is 3. The van der Waals surface area contributed by atoms with Crippen molar-refractivity contribution >= 4 is 16.1 Å². The van der Waals surface area contributed by atoms with Gasteiger partial charge in [-0.05, 0) is 30.2 Å². The monoisotopic (exact) mass is 326 g/mol. The minimum atomic E-state index is -5.78. The normalized spacial score (nSPS) is 12.0. The van der Waals surface area contributed by atoms with Gasteiger partial charge in [0.15, 0.2) is 0 Å². The summed E-state index contributed by atoms with van der Waals surface area (Å²) in [5, 5.41) is 0. The number of hydrogen-bond donors (Lipinski definition) is 0. The number of carbonyl (C=O) groups excluding carboxylic acids is 1. The van der Waals surface area contributed by atoms with Crippen LogP contribution in [0.15, 0.2) is 18.2 Å². The second kappa shape index (κ2) is 6.33. The van der Waals surface area contributed by atoms with Crippen molar-refractivity contribution in [2.24, 2.45) is 0 Å². The van der Waals surface area contributed by atoms with E-state index in [1.54, 1.807) is 0 Å². The van der Waals surface area contributed by atoms with Crippen LogP contribution in [-0.2, 0) is 21.3 Å². The average molecular weight is 326 g/mol. The molecule has 0 aliphatic rings. The third kappa shape index (κ3) is 4.35. The van der Waals surface area contributed by atoms with Crippen molar-refractivity contribution in [3.63, 3.8) is 0 Å². The van der Waals surface area contributed by atoms with Crippen LogP contribution in [0.25, 0.3) is 0 Å².